The molecule has 6 nitrogen and oxygen atoms in total. The van der Waals surface area contributed by atoms with Gasteiger partial charge in [-0.1, -0.05) is 34.5 Å². The molecule has 0 saturated heterocycles. The van der Waals surface area contributed by atoms with E-state index < -0.39 is 6.10 Å². The van der Waals surface area contributed by atoms with Crippen LogP contribution in [-0.2, 0) is 16.0 Å². The zero-order valence-corrected chi connectivity index (χ0v) is 15.5. The second-order valence-corrected chi connectivity index (χ2v) is 6.68. The quantitative estimate of drug-likeness (QED) is 0.694. The van der Waals surface area contributed by atoms with E-state index in [4.69, 9.17) is 32.7 Å². The maximum absolute atomic E-state index is 12.2. The Morgan fingerprint density at radius 2 is 2.17 bits per heavy atom. The molecule has 2 aromatic rings. The SMILES string of the molecule is CCOCCc1nnc(NC(=O)C(C)Oc2ccc(Cl)cc2Cl)s1. The van der Waals surface area contributed by atoms with Crippen LogP contribution in [0.15, 0.2) is 18.2 Å². The van der Waals surface area contributed by atoms with Gasteiger partial charge in [0, 0.05) is 18.1 Å². The molecular formula is C15H17Cl2N3O3S. The molecule has 0 aliphatic heterocycles. The van der Waals surface area contributed by atoms with Gasteiger partial charge in [0.15, 0.2) is 6.10 Å². The molecular weight excluding hydrogens is 373 g/mol. The van der Waals surface area contributed by atoms with Gasteiger partial charge >= 0.3 is 0 Å². The van der Waals surface area contributed by atoms with Crippen molar-refractivity contribution < 1.29 is 14.3 Å². The minimum absolute atomic E-state index is 0.339. The molecule has 1 N–H and O–H groups in total. The number of nitrogens with one attached hydrogen (secondary N) is 1. The van der Waals surface area contributed by atoms with Gasteiger partial charge in [0.25, 0.3) is 5.91 Å². The number of halogens is 2. The molecule has 2 rings (SSSR count). The average molecular weight is 390 g/mol. The lowest BCUT2D eigenvalue weighted by Crippen LogP contribution is -2.30. The third kappa shape index (κ3) is 5.59. The Bertz CT molecular complexity index is 696. The Labute approximate surface area is 154 Å². The molecule has 0 saturated carbocycles. The fourth-order valence-electron chi connectivity index (χ4n) is 1.73. The molecule has 1 unspecified atom stereocenters. The van der Waals surface area contributed by atoms with Crippen LogP contribution in [0.25, 0.3) is 0 Å². The van der Waals surface area contributed by atoms with Gasteiger partial charge in [0.2, 0.25) is 5.13 Å². The number of rotatable bonds is 8. The van der Waals surface area contributed by atoms with Crippen molar-refractivity contribution in [2.24, 2.45) is 0 Å². The van der Waals surface area contributed by atoms with Crippen LogP contribution in [0.1, 0.15) is 18.9 Å². The highest BCUT2D eigenvalue weighted by molar-refractivity contribution is 7.15. The molecule has 0 aliphatic rings. The van der Waals surface area contributed by atoms with Crippen LogP contribution >= 0.6 is 34.5 Å². The van der Waals surface area contributed by atoms with Crippen molar-refractivity contribution in [3.63, 3.8) is 0 Å². The largest absolute Gasteiger partial charge is 0.479 e. The number of hydrogen-bond donors (Lipinski definition) is 1. The van der Waals surface area contributed by atoms with Gasteiger partial charge in [-0.25, -0.2) is 0 Å². The highest BCUT2D eigenvalue weighted by Gasteiger charge is 2.18. The lowest BCUT2D eigenvalue weighted by atomic mass is 10.3. The van der Waals surface area contributed by atoms with Gasteiger partial charge in [-0.05, 0) is 32.0 Å². The van der Waals surface area contributed by atoms with E-state index in [0.717, 1.165) is 5.01 Å². The number of amides is 1. The zero-order chi connectivity index (χ0) is 17.5. The summed E-state index contributed by atoms with van der Waals surface area (Å²) in [5.74, 6) is 0.0481. The maximum atomic E-state index is 12.2. The predicted molar refractivity (Wildman–Crippen MR) is 95.3 cm³/mol. The fraction of sp³-hybridized carbons (Fsp3) is 0.400. The monoisotopic (exact) mass is 389 g/mol. The summed E-state index contributed by atoms with van der Waals surface area (Å²) in [5, 5.41) is 12.7. The van der Waals surface area contributed by atoms with Gasteiger partial charge in [0.05, 0.1) is 11.6 Å². The summed E-state index contributed by atoms with van der Waals surface area (Å²) in [6.07, 6.45) is -0.0900. The number of carbonyl (C=O) groups excluding carboxylic acids is 1. The summed E-state index contributed by atoms with van der Waals surface area (Å²) < 4.78 is 10.8. The number of ether oxygens (including phenoxy) is 2. The number of hydrogen-bond acceptors (Lipinski definition) is 6. The molecule has 0 bridgehead atoms. The topological polar surface area (TPSA) is 73.3 Å². The molecule has 1 aromatic carbocycles. The van der Waals surface area contributed by atoms with Crippen LogP contribution in [0.2, 0.25) is 10.0 Å². The Hall–Kier alpha value is -1.41. The molecule has 1 amide bonds. The van der Waals surface area contributed by atoms with E-state index in [9.17, 15) is 4.79 Å². The molecule has 0 aliphatic carbocycles. The molecule has 0 radical (unpaired) electrons. The van der Waals surface area contributed by atoms with Gasteiger partial charge in [-0.15, -0.1) is 10.2 Å². The smallest absolute Gasteiger partial charge is 0.266 e. The molecule has 1 heterocycles. The van der Waals surface area contributed by atoms with Gasteiger partial charge in [0.1, 0.15) is 10.8 Å². The maximum Gasteiger partial charge on any atom is 0.266 e. The van der Waals surface area contributed by atoms with Crippen LogP contribution in [0.5, 0.6) is 5.75 Å². The van der Waals surface area contributed by atoms with Crippen molar-refractivity contribution in [2.75, 3.05) is 18.5 Å². The summed E-state index contributed by atoms with van der Waals surface area (Å²) in [6.45, 7) is 4.79. The average Bonchev–Trinajstić information content (AvgIpc) is 2.97. The van der Waals surface area contributed by atoms with E-state index in [-0.39, 0.29) is 5.91 Å². The van der Waals surface area contributed by atoms with Crippen LogP contribution in [0.3, 0.4) is 0 Å². The molecule has 24 heavy (non-hydrogen) atoms. The van der Waals surface area contributed by atoms with Crippen molar-refractivity contribution in [3.8, 4) is 5.75 Å². The van der Waals surface area contributed by atoms with Crippen molar-refractivity contribution in [2.45, 2.75) is 26.4 Å². The molecule has 9 heteroatoms. The van der Waals surface area contributed by atoms with Gasteiger partial charge in [-0.2, -0.15) is 0 Å². The standard InChI is InChI=1S/C15H17Cl2N3O3S/c1-3-22-7-6-13-19-20-15(24-13)18-14(21)9(2)23-12-5-4-10(16)8-11(12)17/h4-5,8-9H,3,6-7H2,1-2H3,(H,18,20,21). The number of nitrogens with zero attached hydrogens (tertiary/aromatic N) is 2. The van der Waals surface area contributed by atoms with E-state index >= 15 is 0 Å². The summed E-state index contributed by atoms with van der Waals surface area (Å²) in [7, 11) is 0. The Balaban J connectivity index is 1.89. The normalized spacial score (nSPS) is 12.0. The number of carbonyl (C=O) groups is 1. The third-order valence-corrected chi connectivity index (χ3v) is 4.36. The van der Waals surface area contributed by atoms with Crippen molar-refractivity contribution in [3.05, 3.63) is 33.3 Å². The summed E-state index contributed by atoms with van der Waals surface area (Å²) in [5.41, 5.74) is 0. The molecule has 1 aromatic heterocycles. The van der Waals surface area contributed by atoms with Crippen LogP contribution < -0.4 is 10.1 Å². The first-order valence-corrected chi connectivity index (χ1v) is 8.89. The lowest BCUT2D eigenvalue weighted by Gasteiger charge is -2.14. The fourth-order valence-corrected chi connectivity index (χ4v) is 2.91. The van der Waals surface area contributed by atoms with E-state index in [2.05, 4.69) is 15.5 Å². The summed E-state index contributed by atoms with van der Waals surface area (Å²) in [6, 6.07) is 4.81. The Morgan fingerprint density at radius 1 is 1.38 bits per heavy atom. The number of aromatic nitrogens is 2. The minimum Gasteiger partial charge on any atom is -0.479 e. The Kier molecular flexibility index (Phi) is 7.23. The third-order valence-electron chi connectivity index (χ3n) is 2.93. The molecule has 0 spiro atoms. The summed E-state index contributed by atoms with van der Waals surface area (Å²) in [4.78, 5) is 12.2. The second kappa shape index (κ2) is 9.17. The second-order valence-electron chi connectivity index (χ2n) is 4.77. The van der Waals surface area contributed by atoms with E-state index in [1.165, 1.54) is 11.3 Å². The first-order valence-electron chi connectivity index (χ1n) is 7.32. The number of benzene rings is 1. The van der Waals surface area contributed by atoms with Gasteiger partial charge < -0.3 is 9.47 Å². The molecule has 0 fully saturated rings. The Morgan fingerprint density at radius 3 is 2.88 bits per heavy atom. The van der Waals surface area contributed by atoms with Crippen LogP contribution in [-0.4, -0.2) is 35.4 Å². The van der Waals surface area contributed by atoms with Crippen LogP contribution in [0, 0.1) is 0 Å². The highest BCUT2D eigenvalue weighted by atomic mass is 35.5. The van der Waals surface area contributed by atoms with Crippen molar-refractivity contribution in [1.29, 1.82) is 0 Å². The zero-order valence-electron chi connectivity index (χ0n) is 13.2. The van der Waals surface area contributed by atoms with Crippen LogP contribution in [0.4, 0.5) is 5.13 Å². The first-order chi connectivity index (χ1) is 11.5. The first kappa shape index (κ1) is 18.9. The van der Waals surface area contributed by atoms with Gasteiger partial charge in [-0.3, -0.25) is 10.1 Å². The van der Waals surface area contributed by atoms with Crippen molar-refractivity contribution in [1.82, 2.24) is 10.2 Å². The predicted octanol–water partition coefficient (Wildman–Crippen LogP) is 3.83. The van der Waals surface area contributed by atoms with E-state index in [0.29, 0.717) is 40.6 Å². The minimum atomic E-state index is -0.751. The molecule has 1 atom stereocenters. The molecule has 130 valence electrons. The van der Waals surface area contributed by atoms with Crippen molar-refractivity contribution >= 4 is 45.6 Å². The lowest BCUT2D eigenvalue weighted by molar-refractivity contribution is -0.122. The van der Waals surface area contributed by atoms with E-state index in [1.54, 1.807) is 25.1 Å². The van der Waals surface area contributed by atoms with E-state index in [1.807, 2.05) is 6.92 Å². The summed E-state index contributed by atoms with van der Waals surface area (Å²) >= 11 is 13.2. The number of anilines is 1. The highest BCUT2D eigenvalue weighted by Crippen LogP contribution is 2.28.